The number of ether oxygens (including phenoxy) is 1. The van der Waals surface area contributed by atoms with Gasteiger partial charge in [0, 0.05) is 18.4 Å². The molecular formula is C25H31FN2O3. The van der Waals surface area contributed by atoms with E-state index in [9.17, 15) is 14.3 Å². The maximum atomic E-state index is 13.5. The summed E-state index contributed by atoms with van der Waals surface area (Å²) in [7, 11) is 0. The number of nitrogens with zero attached hydrogens (tertiary/aromatic N) is 2. The topological polar surface area (TPSA) is 64.3 Å². The van der Waals surface area contributed by atoms with Gasteiger partial charge in [-0.05, 0) is 87.8 Å². The van der Waals surface area contributed by atoms with Crippen LogP contribution in [0.1, 0.15) is 68.4 Å². The highest BCUT2D eigenvalue weighted by molar-refractivity contribution is 5.81. The maximum Gasteiger partial charge on any atom is 0.314 e. The molecule has 0 aliphatic heterocycles. The lowest BCUT2D eigenvalue weighted by atomic mass is 9.65. The number of hydrogen-bond donors (Lipinski definition) is 1. The molecule has 3 fully saturated rings. The van der Waals surface area contributed by atoms with E-state index >= 15 is 0 Å². The van der Waals surface area contributed by atoms with Crippen molar-refractivity contribution in [3.8, 4) is 0 Å². The summed E-state index contributed by atoms with van der Waals surface area (Å²) >= 11 is 0. The third-order valence-corrected chi connectivity index (χ3v) is 7.61. The van der Waals surface area contributed by atoms with E-state index in [1.54, 1.807) is 12.1 Å². The zero-order valence-corrected chi connectivity index (χ0v) is 18.1. The summed E-state index contributed by atoms with van der Waals surface area (Å²) in [5.74, 6) is 1.11. The number of aryl methyl sites for hydroxylation is 1. The summed E-state index contributed by atoms with van der Waals surface area (Å²) in [4.78, 5) is 17.3. The van der Waals surface area contributed by atoms with Crippen LogP contribution < -0.4 is 0 Å². The van der Waals surface area contributed by atoms with Crippen LogP contribution in [-0.2, 0) is 27.1 Å². The number of aliphatic carboxylic acids is 1. The molecule has 1 aromatic heterocycles. The van der Waals surface area contributed by atoms with Gasteiger partial charge in [0.2, 0.25) is 0 Å². The van der Waals surface area contributed by atoms with Crippen molar-refractivity contribution in [1.82, 2.24) is 9.55 Å². The zero-order valence-electron chi connectivity index (χ0n) is 18.1. The Bertz CT molecular complexity index is 952. The lowest BCUT2D eigenvalue weighted by molar-refractivity contribution is -0.151. The minimum atomic E-state index is -1.01. The summed E-state index contributed by atoms with van der Waals surface area (Å²) in [6.45, 7) is 3.78. The molecule has 1 N–H and O–H groups in total. The Morgan fingerprint density at radius 2 is 1.77 bits per heavy atom. The molecule has 3 aliphatic rings. The van der Waals surface area contributed by atoms with Gasteiger partial charge in [0.15, 0.2) is 0 Å². The Balaban J connectivity index is 1.46. The number of benzene rings is 1. The summed E-state index contributed by atoms with van der Waals surface area (Å²) < 4.78 is 22.4. The standard InChI is InChI=1S/C25H31FN2O3/c1-17-14-27-22(28(17)15-18-2-3-18)25(31-16-19-4-5-19)12-10-24(11-13-25,23(29)30)20-6-8-21(26)9-7-20/h6-9,14,18-19H,2-5,10-13,15-16H2,1H3,(H,29,30)/t24-,25+. The molecular weight excluding hydrogens is 395 g/mol. The number of carbonyl (C=O) groups is 1. The highest BCUT2D eigenvalue weighted by Gasteiger charge is 2.52. The van der Waals surface area contributed by atoms with E-state index in [1.165, 1.54) is 37.8 Å². The fraction of sp³-hybridized carbons (Fsp3) is 0.600. The van der Waals surface area contributed by atoms with Gasteiger partial charge in [-0.15, -0.1) is 0 Å². The lowest BCUT2D eigenvalue weighted by Crippen LogP contribution is -2.47. The van der Waals surface area contributed by atoms with Crippen molar-refractivity contribution in [3.05, 3.63) is 53.4 Å². The quantitative estimate of drug-likeness (QED) is 0.648. The second kappa shape index (κ2) is 7.73. The Kier molecular flexibility index (Phi) is 5.16. The Morgan fingerprint density at radius 3 is 2.35 bits per heavy atom. The van der Waals surface area contributed by atoms with Crippen molar-refractivity contribution in [1.29, 1.82) is 0 Å². The number of imidazole rings is 1. The largest absolute Gasteiger partial charge is 0.481 e. The third kappa shape index (κ3) is 3.91. The number of halogens is 1. The van der Waals surface area contributed by atoms with Crippen molar-refractivity contribution >= 4 is 5.97 Å². The molecule has 0 spiro atoms. The van der Waals surface area contributed by atoms with Crippen LogP contribution in [0.4, 0.5) is 4.39 Å². The van der Waals surface area contributed by atoms with Gasteiger partial charge in [-0.2, -0.15) is 0 Å². The fourth-order valence-corrected chi connectivity index (χ4v) is 5.08. The minimum absolute atomic E-state index is 0.347. The van der Waals surface area contributed by atoms with E-state index in [4.69, 9.17) is 9.72 Å². The molecule has 6 heteroatoms. The molecule has 0 amide bonds. The SMILES string of the molecule is Cc1cnc([C@]2(OCC3CC3)CC[C@](C(=O)O)(c3ccc(F)cc3)CC2)n1CC1CC1. The summed E-state index contributed by atoms with van der Waals surface area (Å²) in [6, 6.07) is 5.97. The molecule has 166 valence electrons. The van der Waals surface area contributed by atoms with Crippen molar-refractivity contribution in [2.45, 2.75) is 75.9 Å². The van der Waals surface area contributed by atoms with Crippen LogP contribution in [-0.4, -0.2) is 27.2 Å². The summed E-state index contributed by atoms with van der Waals surface area (Å²) in [5.41, 5.74) is 0.257. The predicted octanol–water partition coefficient (Wildman–Crippen LogP) is 4.96. The first-order valence-corrected chi connectivity index (χ1v) is 11.6. The number of carboxylic acid groups (broad SMARTS) is 1. The average Bonchev–Trinajstić information content (AvgIpc) is 3.68. The van der Waals surface area contributed by atoms with Crippen LogP contribution in [0.3, 0.4) is 0 Å². The second-order valence-electron chi connectivity index (χ2n) is 9.92. The molecule has 0 bridgehead atoms. The van der Waals surface area contributed by atoms with Crippen molar-refractivity contribution in [2.75, 3.05) is 6.61 Å². The number of carboxylic acids is 1. The molecule has 0 radical (unpaired) electrons. The third-order valence-electron chi connectivity index (χ3n) is 7.61. The molecule has 0 unspecified atom stereocenters. The lowest BCUT2D eigenvalue weighted by Gasteiger charge is -2.44. The van der Waals surface area contributed by atoms with E-state index < -0.39 is 17.0 Å². The first kappa shape index (κ1) is 20.7. The molecule has 2 aromatic rings. The monoisotopic (exact) mass is 426 g/mol. The van der Waals surface area contributed by atoms with Crippen LogP contribution in [0.15, 0.2) is 30.5 Å². The molecule has 3 saturated carbocycles. The van der Waals surface area contributed by atoms with Gasteiger partial charge in [-0.3, -0.25) is 4.79 Å². The molecule has 0 atom stereocenters. The van der Waals surface area contributed by atoms with E-state index in [0.717, 1.165) is 18.1 Å². The van der Waals surface area contributed by atoms with E-state index in [0.29, 0.717) is 49.7 Å². The molecule has 31 heavy (non-hydrogen) atoms. The van der Waals surface area contributed by atoms with Crippen molar-refractivity contribution in [3.63, 3.8) is 0 Å². The molecule has 1 heterocycles. The van der Waals surface area contributed by atoms with Gasteiger partial charge >= 0.3 is 5.97 Å². The molecule has 5 nitrogen and oxygen atoms in total. The van der Waals surface area contributed by atoms with Crippen LogP contribution in [0.25, 0.3) is 0 Å². The number of rotatable bonds is 8. The van der Waals surface area contributed by atoms with Gasteiger partial charge in [-0.25, -0.2) is 9.37 Å². The second-order valence-corrected chi connectivity index (χ2v) is 9.92. The first-order valence-electron chi connectivity index (χ1n) is 11.6. The fourth-order valence-electron chi connectivity index (χ4n) is 5.08. The predicted molar refractivity (Wildman–Crippen MR) is 114 cm³/mol. The van der Waals surface area contributed by atoms with Crippen LogP contribution in [0, 0.1) is 24.6 Å². The van der Waals surface area contributed by atoms with Crippen LogP contribution >= 0.6 is 0 Å². The van der Waals surface area contributed by atoms with E-state index in [-0.39, 0.29) is 5.82 Å². The van der Waals surface area contributed by atoms with Gasteiger partial charge < -0.3 is 14.4 Å². The average molecular weight is 427 g/mol. The summed E-state index contributed by atoms with van der Waals surface area (Å²) in [6.07, 6.45) is 8.98. The van der Waals surface area contributed by atoms with E-state index in [2.05, 4.69) is 11.5 Å². The zero-order chi connectivity index (χ0) is 21.6. The maximum absolute atomic E-state index is 13.5. The van der Waals surface area contributed by atoms with E-state index in [1.807, 2.05) is 6.20 Å². The van der Waals surface area contributed by atoms with Crippen LogP contribution in [0.5, 0.6) is 0 Å². The van der Waals surface area contributed by atoms with Gasteiger partial charge in [0.05, 0.1) is 12.0 Å². The Morgan fingerprint density at radius 1 is 1.13 bits per heavy atom. The van der Waals surface area contributed by atoms with Crippen molar-refractivity contribution in [2.24, 2.45) is 11.8 Å². The normalized spacial score (nSPS) is 28.6. The molecule has 1 aromatic carbocycles. The highest BCUT2D eigenvalue weighted by atomic mass is 19.1. The van der Waals surface area contributed by atoms with Crippen LogP contribution in [0.2, 0.25) is 0 Å². The number of aromatic nitrogens is 2. The minimum Gasteiger partial charge on any atom is -0.481 e. The van der Waals surface area contributed by atoms with Gasteiger partial charge in [0.1, 0.15) is 17.2 Å². The van der Waals surface area contributed by atoms with Crippen molar-refractivity contribution < 1.29 is 19.0 Å². The van der Waals surface area contributed by atoms with Gasteiger partial charge in [0.25, 0.3) is 0 Å². The molecule has 3 aliphatic carbocycles. The Hall–Kier alpha value is -2.21. The highest BCUT2D eigenvalue weighted by Crippen LogP contribution is 2.50. The molecule has 5 rings (SSSR count). The summed E-state index contributed by atoms with van der Waals surface area (Å²) in [5, 5.41) is 10.2. The first-order chi connectivity index (χ1) is 14.9. The van der Waals surface area contributed by atoms with Gasteiger partial charge in [-0.1, -0.05) is 12.1 Å². The Labute approximate surface area is 182 Å². The smallest absolute Gasteiger partial charge is 0.314 e. The molecule has 0 saturated heterocycles. The number of hydrogen-bond acceptors (Lipinski definition) is 3.